The maximum atomic E-state index is 6.33. The van der Waals surface area contributed by atoms with Gasteiger partial charge in [-0.3, -0.25) is 0 Å². The fraction of sp³-hybridized carbons (Fsp3) is 0.324. The molecule has 7 aliphatic carbocycles. The first-order chi connectivity index (χ1) is 69.1. The topological polar surface area (TPSA) is 28.7 Å². The predicted molar refractivity (Wildman–Crippen MR) is 598 cm³/mol. The summed E-state index contributed by atoms with van der Waals surface area (Å²) < 4.78 is 18.6. The van der Waals surface area contributed by atoms with Crippen LogP contribution in [0.1, 0.15) is 281 Å². The highest BCUT2D eigenvalue weighted by Gasteiger charge is 2.46. The van der Waals surface area contributed by atoms with E-state index in [-0.39, 0.29) is 10.8 Å². The van der Waals surface area contributed by atoms with Gasteiger partial charge in [-0.05, 0) is 332 Å². The molecule has 0 radical (unpaired) electrons. The lowest BCUT2D eigenvalue weighted by molar-refractivity contribution is -0.660. The Kier molecular flexibility index (Phi) is 26.2. The molecule has 5 saturated carbocycles. The summed E-state index contributed by atoms with van der Waals surface area (Å²) in [5.41, 5.74) is 52.1. The van der Waals surface area contributed by atoms with E-state index in [9.17, 15) is 0 Å². The Labute approximate surface area is 848 Å². The lowest BCUT2D eigenvalue weighted by Gasteiger charge is -2.28. The van der Waals surface area contributed by atoms with Gasteiger partial charge in [-0.15, -0.1) is 11.3 Å². The van der Waals surface area contributed by atoms with Crippen LogP contribution in [0.2, 0.25) is 0 Å². The van der Waals surface area contributed by atoms with Crippen LogP contribution >= 0.6 is 11.3 Å². The second-order valence-corrected chi connectivity index (χ2v) is 45.4. The van der Waals surface area contributed by atoms with E-state index >= 15 is 0 Å². The molecule has 0 saturated heterocycles. The third-order valence-electron chi connectivity index (χ3n) is 34.4. The lowest BCUT2D eigenvalue weighted by atomic mass is 9.75. The molecule has 25 rings (SSSR count). The van der Waals surface area contributed by atoms with Crippen LogP contribution in [-0.4, -0.2) is 0 Å². The molecule has 18 aromatic rings. The van der Waals surface area contributed by atoms with Crippen molar-refractivity contribution in [2.45, 2.75) is 258 Å². The second-order valence-electron chi connectivity index (χ2n) is 44.3. The highest BCUT2D eigenvalue weighted by Crippen LogP contribution is 2.59. The van der Waals surface area contributed by atoms with Gasteiger partial charge in [0, 0.05) is 111 Å². The van der Waals surface area contributed by atoms with E-state index in [1.54, 1.807) is 16.7 Å². The first-order valence-corrected chi connectivity index (χ1v) is 54.7. The van der Waals surface area contributed by atoms with Crippen LogP contribution in [0.15, 0.2) is 296 Å². The molecule has 0 aliphatic heterocycles. The molecule has 0 bridgehead atoms. The molecule has 6 heteroatoms. The summed E-state index contributed by atoms with van der Waals surface area (Å²) in [5, 5.41) is 5.14. The van der Waals surface area contributed by atoms with Gasteiger partial charge in [0.15, 0.2) is 24.8 Å². The van der Waals surface area contributed by atoms with Crippen molar-refractivity contribution >= 4 is 53.4 Å². The largest absolute Gasteiger partial charge is 0.456 e. The first kappa shape index (κ1) is 94.2. The number of furan rings is 1. The molecule has 0 unspecified atom stereocenters. The van der Waals surface area contributed by atoms with Gasteiger partial charge in [0.05, 0.1) is 0 Å². The number of hydrogen-bond donors (Lipinski definition) is 0. The van der Waals surface area contributed by atoms with Crippen molar-refractivity contribution < 1.29 is 22.7 Å². The predicted octanol–water partition coefficient (Wildman–Crippen LogP) is 35.5. The Balaban J connectivity index is 0.000000109. The van der Waals surface area contributed by atoms with E-state index in [1.165, 1.54) is 369 Å². The quantitative estimate of drug-likeness (QED) is 0.112. The summed E-state index contributed by atoms with van der Waals surface area (Å²) in [6, 6.07) is 101. The highest BCUT2D eigenvalue weighted by atomic mass is 32.1. The molecule has 5 nitrogen and oxygen atoms in total. The minimum Gasteiger partial charge on any atom is -0.456 e. The normalized spacial score (nSPS) is 16.1. The van der Waals surface area contributed by atoms with Crippen LogP contribution in [0.25, 0.3) is 154 Å². The molecule has 0 amide bonds. The number of aromatic nitrogens is 4. The van der Waals surface area contributed by atoms with Crippen LogP contribution in [-0.2, 0) is 39.0 Å². The fourth-order valence-corrected chi connectivity index (χ4v) is 27.8. The average Bonchev–Trinajstić information content (AvgIpc) is 1.56. The Morgan fingerprint density at radius 1 is 0.246 bits per heavy atom. The third kappa shape index (κ3) is 17.9. The van der Waals surface area contributed by atoms with Gasteiger partial charge in [0.1, 0.15) is 39.4 Å². The Hall–Kier alpha value is -12.7. The second kappa shape index (κ2) is 39.5. The zero-order valence-corrected chi connectivity index (χ0v) is 87.4. The molecule has 12 aromatic carbocycles. The number of rotatable bonds is 12. The minimum atomic E-state index is 0.00991. The van der Waals surface area contributed by atoms with Gasteiger partial charge in [-0.2, -0.15) is 0 Å². The van der Waals surface area contributed by atoms with Crippen molar-refractivity contribution in [3.63, 3.8) is 0 Å². The number of hydrogen-bond acceptors (Lipinski definition) is 2. The van der Waals surface area contributed by atoms with Crippen LogP contribution in [0.5, 0.6) is 0 Å². The molecule has 142 heavy (non-hydrogen) atoms. The third-order valence-corrected chi connectivity index (χ3v) is 35.5. The smallest absolute Gasteiger partial charge is 0.213 e. The number of fused-ring (bicyclic) bond motifs is 14. The Bertz CT molecular complexity index is 7650. The SMILES string of the molecule is Cc1ccc2c(c1)C(C)(C)c1cc(-c3cc(-c4ccccc4C)[n+](C)cc3C3CCCCC3)ccc1-2.Cc1ccc2c(c1)C1(CCCC1)c1cc(-c3cc(-c4ccccc4C)[n+](C)cc3C3CCCCC3)ccc1-2.Cc1ccc2c(c1)oc1cc(-c3cc(-c4ccccc4C)[n+](C)cc3C3CCCCC3)ccc12.Cc1ccc2c(c1)sc1cc(-c3cc(-c4ccccc4C)[n+](C)cc3C3CCCCC3)ccc12. The van der Waals surface area contributed by atoms with E-state index < -0.39 is 0 Å². The molecular weight excluding hydrogens is 1740 g/mol. The highest BCUT2D eigenvalue weighted by molar-refractivity contribution is 7.25. The first-order valence-electron chi connectivity index (χ1n) is 53.8. The van der Waals surface area contributed by atoms with Gasteiger partial charge in [-0.25, -0.2) is 18.3 Å². The van der Waals surface area contributed by atoms with Crippen LogP contribution in [0.4, 0.5) is 0 Å². The van der Waals surface area contributed by atoms with Crippen molar-refractivity contribution in [1.82, 2.24) is 0 Å². The lowest BCUT2D eigenvalue weighted by Crippen LogP contribution is -2.32. The van der Waals surface area contributed by atoms with Crippen molar-refractivity contribution in [3.05, 3.63) is 381 Å². The Morgan fingerprint density at radius 3 is 0.930 bits per heavy atom. The molecule has 6 heterocycles. The number of pyridine rings is 4. The monoisotopic (exact) mass is 1880 g/mol. The zero-order valence-electron chi connectivity index (χ0n) is 86.6. The number of thiophene rings is 1. The molecule has 6 aromatic heterocycles. The number of nitrogens with zero attached hydrogens (tertiary/aromatic N) is 4. The summed E-state index contributed by atoms with van der Waals surface area (Å²) in [5.74, 6) is 2.58. The molecule has 7 aliphatic rings. The van der Waals surface area contributed by atoms with Crippen molar-refractivity contribution in [1.29, 1.82) is 0 Å². The van der Waals surface area contributed by atoms with Crippen molar-refractivity contribution in [2.24, 2.45) is 28.2 Å². The van der Waals surface area contributed by atoms with Crippen molar-refractivity contribution in [3.8, 4) is 112 Å². The van der Waals surface area contributed by atoms with Gasteiger partial charge in [-0.1, -0.05) is 291 Å². The zero-order chi connectivity index (χ0) is 97.3. The van der Waals surface area contributed by atoms with Crippen LogP contribution in [0, 0.1) is 55.4 Å². The summed E-state index contributed by atoms with van der Waals surface area (Å²) in [4.78, 5) is 0. The summed E-state index contributed by atoms with van der Waals surface area (Å²) in [7, 11) is 8.88. The summed E-state index contributed by atoms with van der Waals surface area (Å²) in [6.07, 6.45) is 41.7. The molecular formula is C136H142N4OS+4. The average molecular weight is 1880 g/mol. The maximum absolute atomic E-state index is 6.33. The van der Waals surface area contributed by atoms with Crippen LogP contribution < -0.4 is 18.3 Å². The van der Waals surface area contributed by atoms with Gasteiger partial charge in [0.2, 0.25) is 22.8 Å². The molecule has 5 fully saturated rings. The van der Waals surface area contributed by atoms with E-state index in [4.69, 9.17) is 4.42 Å². The number of benzene rings is 12. The molecule has 0 N–H and O–H groups in total. The van der Waals surface area contributed by atoms with Gasteiger partial charge in [0.25, 0.3) is 0 Å². The van der Waals surface area contributed by atoms with E-state index in [1.807, 2.05) is 11.3 Å². The van der Waals surface area contributed by atoms with Crippen LogP contribution in [0.3, 0.4) is 0 Å². The maximum Gasteiger partial charge on any atom is 0.213 e. The number of aryl methyl sites for hydroxylation is 12. The summed E-state index contributed by atoms with van der Waals surface area (Å²) >= 11 is 1.93. The minimum absolute atomic E-state index is 0.00991. The van der Waals surface area contributed by atoms with Crippen molar-refractivity contribution in [2.75, 3.05) is 0 Å². The molecule has 1 spiro atoms. The van der Waals surface area contributed by atoms with E-state index in [0.717, 1.165) is 11.2 Å². The fourth-order valence-electron chi connectivity index (χ4n) is 26.6. The molecule has 714 valence electrons. The van der Waals surface area contributed by atoms with Gasteiger partial charge >= 0.3 is 0 Å². The Morgan fingerprint density at radius 2 is 0.528 bits per heavy atom. The van der Waals surface area contributed by atoms with E-state index in [0.29, 0.717) is 23.7 Å². The summed E-state index contributed by atoms with van der Waals surface area (Å²) in [6.45, 7) is 22.4. The standard InChI is InChI=1S/C37H40N.C35H38N.C32H32NO.C32H32NS/c1-25-15-17-30-31-18-16-28(22-35(31)37(34(30)21-25)19-9-10-20-37)32-23-36(29-14-8-7-11-26(29)2)38(3)24-33(32)27-12-5-4-6-13-27;1-23-15-17-28-29-18-16-26(20-33(29)35(3,4)32(28)19-23)30-21-34(27-14-10-9-11-24(27)2)36(5)22-31(30)25-12-7-6-8-13-25;2*1-21-13-15-26-27-16-14-24(18-32(27)34-31(26)17-21)28-19-30(25-12-8-7-9-22(25)2)33(3)20-29(28)23-10-5-4-6-11-23/h7-8,11,14-18,21-24,27H,4-6,9-10,12-13,19-20H2,1-3H3;9-11,14-22,25H,6-8,12-13H2,1-5H3;2*7-9,12-20,23H,4-6,10-11H2,1-3H3/q4*+1. The van der Waals surface area contributed by atoms with Gasteiger partial charge < -0.3 is 4.42 Å². The van der Waals surface area contributed by atoms with E-state index in [2.05, 4.69) is 407 Å². The molecule has 0 atom stereocenters.